The highest BCUT2D eigenvalue weighted by atomic mass is 16.1. The molecule has 2 aliphatic rings. The fourth-order valence-corrected chi connectivity index (χ4v) is 4.20. The predicted molar refractivity (Wildman–Crippen MR) is 107 cm³/mol. The lowest BCUT2D eigenvalue weighted by atomic mass is 9.76. The molecule has 2 aromatic rings. The number of carbonyl (C=O) groups excluding carboxylic acids is 1. The highest BCUT2D eigenvalue weighted by molar-refractivity contribution is 5.92. The summed E-state index contributed by atoms with van der Waals surface area (Å²) in [6.07, 6.45) is 5.72. The summed E-state index contributed by atoms with van der Waals surface area (Å²) in [6.45, 7) is 6.02. The molecule has 3 nitrogen and oxygen atoms in total. The van der Waals surface area contributed by atoms with Crippen molar-refractivity contribution in [1.29, 1.82) is 0 Å². The molecule has 0 saturated carbocycles. The summed E-state index contributed by atoms with van der Waals surface area (Å²) in [5.41, 5.74) is 6.07. The van der Waals surface area contributed by atoms with Crippen LogP contribution in [0.3, 0.4) is 0 Å². The minimum Gasteiger partial charge on any atom is -0.378 e. The van der Waals surface area contributed by atoms with Crippen LogP contribution in [0.2, 0.25) is 0 Å². The Kier molecular flexibility index (Phi) is 4.31. The van der Waals surface area contributed by atoms with Crippen molar-refractivity contribution < 1.29 is 4.79 Å². The Labute approximate surface area is 155 Å². The Bertz CT molecular complexity index is 868. The van der Waals surface area contributed by atoms with Crippen molar-refractivity contribution in [1.82, 2.24) is 0 Å². The van der Waals surface area contributed by atoms with E-state index in [-0.39, 0.29) is 11.8 Å². The summed E-state index contributed by atoms with van der Waals surface area (Å²) < 4.78 is 0. The zero-order valence-corrected chi connectivity index (χ0v) is 15.6. The van der Waals surface area contributed by atoms with E-state index in [4.69, 9.17) is 0 Å². The molecule has 3 heteroatoms. The van der Waals surface area contributed by atoms with E-state index in [2.05, 4.69) is 66.1 Å². The van der Waals surface area contributed by atoms with Gasteiger partial charge in [0.2, 0.25) is 5.91 Å². The van der Waals surface area contributed by atoms with E-state index in [0.717, 1.165) is 12.1 Å². The molecule has 0 fully saturated rings. The normalized spacial score (nSPS) is 23.3. The summed E-state index contributed by atoms with van der Waals surface area (Å²) >= 11 is 0. The largest absolute Gasteiger partial charge is 0.378 e. The van der Waals surface area contributed by atoms with E-state index >= 15 is 0 Å². The third kappa shape index (κ3) is 2.92. The monoisotopic (exact) mass is 346 g/mol. The minimum atomic E-state index is -0.0197. The number of fused-ring (bicyclic) bond motifs is 3. The van der Waals surface area contributed by atoms with Crippen LogP contribution >= 0.6 is 0 Å². The van der Waals surface area contributed by atoms with E-state index < -0.39 is 0 Å². The summed E-state index contributed by atoms with van der Waals surface area (Å²) in [5.74, 6) is 0.949. The molecule has 1 aliphatic heterocycles. The number of amides is 1. The van der Waals surface area contributed by atoms with E-state index in [0.29, 0.717) is 17.9 Å². The highest BCUT2D eigenvalue weighted by Crippen LogP contribution is 2.50. The number of carbonyl (C=O) groups is 1. The smallest absolute Gasteiger partial charge is 0.226 e. The first-order valence-electron chi connectivity index (χ1n) is 9.48. The summed E-state index contributed by atoms with van der Waals surface area (Å²) in [6, 6.07) is 15.2. The van der Waals surface area contributed by atoms with Crippen LogP contribution in [0.5, 0.6) is 0 Å². The van der Waals surface area contributed by atoms with Gasteiger partial charge in [-0.1, -0.05) is 50.3 Å². The lowest BCUT2D eigenvalue weighted by molar-refractivity contribution is -0.118. The van der Waals surface area contributed by atoms with Crippen molar-refractivity contribution in [2.75, 3.05) is 10.6 Å². The first-order valence-corrected chi connectivity index (χ1v) is 9.48. The number of hydrogen-bond donors (Lipinski definition) is 2. The second-order valence-electron chi connectivity index (χ2n) is 7.78. The highest BCUT2D eigenvalue weighted by Gasteiger charge is 2.38. The maximum Gasteiger partial charge on any atom is 0.226 e. The molecule has 1 amide bonds. The Hall–Kier alpha value is -2.55. The maximum atomic E-state index is 12.0. The Balaban J connectivity index is 1.69. The lowest BCUT2D eigenvalue weighted by Crippen LogP contribution is -2.29. The van der Waals surface area contributed by atoms with Crippen molar-refractivity contribution in [3.05, 3.63) is 71.3 Å². The molecule has 4 rings (SSSR count). The summed E-state index contributed by atoms with van der Waals surface area (Å²) in [7, 11) is 0. The molecule has 2 aromatic carbocycles. The van der Waals surface area contributed by atoms with Gasteiger partial charge in [0.1, 0.15) is 0 Å². The van der Waals surface area contributed by atoms with Gasteiger partial charge in [0.25, 0.3) is 0 Å². The first kappa shape index (κ1) is 16.9. The molecular formula is C23H26N2O. The Morgan fingerprint density at radius 2 is 1.96 bits per heavy atom. The molecule has 2 N–H and O–H groups in total. The fraction of sp³-hybridized carbons (Fsp3) is 0.348. The number of benzene rings is 2. The van der Waals surface area contributed by atoms with Gasteiger partial charge in [-0.05, 0) is 54.2 Å². The van der Waals surface area contributed by atoms with Crippen LogP contribution in [0.4, 0.5) is 11.4 Å². The number of anilines is 2. The minimum absolute atomic E-state index is 0.0197. The second kappa shape index (κ2) is 6.64. The van der Waals surface area contributed by atoms with E-state index in [1.807, 2.05) is 19.9 Å². The zero-order chi connectivity index (χ0) is 18.3. The van der Waals surface area contributed by atoms with Crippen molar-refractivity contribution in [3.63, 3.8) is 0 Å². The zero-order valence-electron chi connectivity index (χ0n) is 15.6. The van der Waals surface area contributed by atoms with Gasteiger partial charge in [-0.15, -0.1) is 0 Å². The molecule has 0 spiro atoms. The number of aryl methyl sites for hydroxylation is 1. The fourth-order valence-electron chi connectivity index (χ4n) is 4.20. The molecule has 3 unspecified atom stereocenters. The standard InChI is InChI=1S/C23H26N2O/c1-14(2)23(26)24-16-11-12-21-20(13-16)18-9-6-10-19(18)22(25-21)17-8-5-4-7-15(17)3/h4-9,11-14,18-19,22,25H,10H2,1-3H3,(H,24,26). The first-order chi connectivity index (χ1) is 12.5. The van der Waals surface area contributed by atoms with Crippen molar-refractivity contribution in [2.45, 2.75) is 39.2 Å². The van der Waals surface area contributed by atoms with Crippen LogP contribution in [-0.2, 0) is 4.79 Å². The summed E-state index contributed by atoms with van der Waals surface area (Å²) in [4.78, 5) is 12.0. The average molecular weight is 346 g/mol. The molecule has 0 radical (unpaired) electrons. The van der Waals surface area contributed by atoms with Gasteiger partial charge >= 0.3 is 0 Å². The quantitative estimate of drug-likeness (QED) is 0.729. The third-order valence-electron chi connectivity index (χ3n) is 5.68. The molecule has 1 aliphatic carbocycles. The van der Waals surface area contributed by atoms with Crippen molar-refractivity contribution in [3.8, 4) is 0 Å². The topological polar surface area (TPSA) is 41.1 Å². The summed E-state index contributed by atoms with van der Waals surface area (Å²) in [5, 5.41) is 6.81. The Morgan fingerprint density at radius 1 is 1.15 bits per heavy atom. The second-order valence-corrected chi connectivity index (χ2v) is 7.78. The average Bonchev–Trinajstić information content (AvgIpc) is 3.12. The number of rotatable bonds is 3. The van der Waals surface area contributed by atoms with Gasteiger partial charge < -0.3 is 10.6 Å². The molecule has 3 atom stereocenters. The number of nitrogens with one attached hydrogen (secondary N) is 2. The lowest BCUT2D eigenvalue weighted by Gasteiger charge is -2.38. The molecule has 1 heterocycles. The van der Waals surface area contributed by atoms with E-state index in [9.17, 15) is 4.79 Å². The van der Waals surface area contributed by atoms with Gasteiger partial charge in [0, 0.05) is 23.2 Å². The van der Waals surface area contributed by atoms with Gasteiger partial charge in [-0.2, -0.15) is 0 Å². The van der Waals surface area contributed by atoms with Crippen LogP contribution in [0.25, 0.3) is 0 Å². The Morgan fingerprint density at radius 3 is 2.73 bits per heavy atom. The van der Waals surface area contributed by atoms with E-state index in [1.54, 1.807) is 0 Å². The van der Waals surface area contributed by atoms with Gasteiger partial charge in [0.15, 0.2) is 0 Å². The van der Waals surface area contributed by atoms with Gasteiger partial charge in [0.05, 0.1) is 6.04 Å². The molecule has 0 saturated heterocycles. The van der Waals surface area contributed by atoms with Crippen LogP contribution in [0.1, 0.15) is 48.9 Å². The molecule has 26 heavy (non-hydrogen) atoms. The van der Waals surface area contributed by atoms with Crippen LogP contribution in [0.15, 0.2) is 54.6 Å². The number of allylic oxidation sites excluding steroid dienone is 2. The predicted octanol–water partition coefficient (Wildman–Crippen LogP) is 5.42. The molecule has 0 aromatic heterocycles. The van der Waals surface area contributed by atoms with E-state index in [1.165, 1.54) is 22.4 Å². The third-order valence-corrected chi connectivity index (χ3v) is 5.68. The number of hydrogen-bond acceptors (Lipinski definition) is 2. The molecular weight excluding hydrogens is 320 g/mol. The van der Waals surface area contributed by atoms with Crippen LogP contribution < -0.4 is 10.6 Å². The van der Waals surface area contributed by atoms with Gasteiger partial charge in [-0.25, -0.2) is 0 Å². The van der Waals surface area contributed by atoms with Crippen LogP contribution in [0, 0.1) is 18.8 Å². The van der Waals surface area contributed by atoms with Crippen molar-refractivity contribution in [2.24, 2.45) is 11.8 Å². The van der Waals surface area contributed by atoms with Crippen LogP contribution in [-0.4, -0.2) is 5.91 Å². The maximum absolute atomic E-state index is 12.0. The van der Waals surface area contributed by atoms with Crippen molar-refractivity contribution >= 4 is 17.3 Å². The van der Waals surface area contributed by atoms with Gasteiger partial charge in [-0.3, -0.25) is 4.79 Å². The SMILES string of the molecule is Cc1ccccc1C1Nc2ccc(NC(=O)C(C)C)cc2C2C=CCC21. The molecule has 134 valence electrons. The molecule has 0 bridgehead atoms.